The quantitative estimate of drug-likeness (QED) is 0.604. The highest BCUT2D eigenvalue weighted by Gasteiger charge is 2.23. The van der Waals surface area contributed by atoms with Crippen LogP contribution in [0.3, 0.4) is 0 Å². The number of nitrogens with zero attached hydrogens (tertiary/aromatic N) is 5. The third-order valence-corrected chi connectivity index (χ3v) is 6.17. The molecule has 2 aromatic carbocycles. The van der Waals surface area contributed by atoms with E-state index in [1.165, 1.54) is 38.1 Å². The van der Waals surface area contributed by atoms with E-state index in [4.69, 9.17) is 4.74 Å². The van der Waals surface area contributed by atoms with Crippen LogP contribution >= 0.6 is 0 Å². The molecule has 0 saturated heterocycles. The second-order valence-electron chi connectivity index (χ2n) is 6.66. The van der Waals surface area contributed by atoms with E-state index in [0.29, 0.717) is 11.5 Å². The number of methoxy groups -OCH3 is 1. The standard InChI is InChI=1S/C19H22N6O4S/c1-13-7-5-6-8-15(13)19-21-23-25(22-19)12-18(26)20-14-9-10-16(29-4)17(11-14)30(27,28)24(2)3/h5-11H,12H2,1-4H3,(H,20,26). The second-order valence-corrected chi connectivity index (χ2v) is 8.78. The summed E-state index contributed by atoms with van der Waals surface area (Å²) in [5.74, 6) is 0.175. The number of amides is 1. The van der Waals surface area contributed by atoms with Crippen LogP contribution in [-0.2, 0) is 21.4 Å². The number of rotatable bonds is 7. The zero-order valence-electron chi connectivity index (χ0n) is 17.0. The van der Waals surface area contributed by atoms with Crippen molar-refractivity contribution in [1.82, 2.24) is 24.5 Å². The van der Waals surface area contributed by atoms with Gasteiger partial charge in [-0.2, -0.15) is 4.80 Å². The van der Waals surface area contributed by atoms with Gasteiger partial charge < -0.3 is 10.1 Å². The number of hydrogen-bond acceptors (Lipinski definition) is 7. The van der Waals surface area contributed by atoms with Crippen LogP contribution in [0.4, 0.5) is 5.69 Å². The second kappa shape index (κ2) is 8.59. The van der Waals surface area contributed by atoms with Crippen molar-refractivity contribution in [2.24, 2.45) is 0 Å². The molecule has 3 rings (SSSR count). The monoisotopic (exact) mass is 430 g/mol. The highest BCUT2D eigenvalue weighted by molar-refractivity contribution is 7.89. The Kier molecular flexibility index (Phi) is 6.13. The number of aryl methyl sites for hydroxylation is 1. The zero-order chi connectivity index (χ0) is 21.9. The lowest BCUT2D eigenvalue weighted by atomic mass is 10.1. The topological polar surface area (TPSA) is 119 Å². The molecule has 0 unspecified atom stereocenters. The average Bonchev–Trinajstić information content (AvgIpc) is 3.16. The molecule has 0 aliphatic rings. The van der Waals surface area contributed by atoms with Gasteiger partial charge in [-0.25, -0.2) is 12.7 Å². The van der Waals surface area contributed by atoms with Crippen molar-refractivity contribution in [3.8, 4) is 17.1 Å². The van der Waals surface area contributed by atoms with Crippen LogP contribution in [-0.4, -0.2) is 60.0 Å². The summed E-state index contributed by atoms with van der Waals surface area (Å²) >= 11 is 0. The van der Waals surface area contributed by atoms with Gasteiger partial charge in [-0.05, 0) is 35.9 Å². The number of benzene rings is 2. The first-order valence-electron chi connectivity index (χ1n) is 8.96. The van der Waals surface area contributed by atoms with Crippen molar-refractivity contribution in [3.05, 3.63) is 48.0 Å². The Balaban J connectivity index is 1.77. The summed E-state index contributed by atoms with van der Waals surface area (Å²) in [5, 5.41) is 14.8. The summed E-state index contributed by atoms with van der Waals surface area (Å²) < 4.78 is 31.2. The van der Waals surface area contributed by atoms with Crippen molar-refractivity contribution < 1.29 is 17.9 Å². The molecule has 158 valence electrons. The lowest BCUT2D eigenvalue weighted by Gasteiger charge is -2.15. The Morgan fingerprint density at radius 2 is 1.93 bits per heavy atom. The van der Waals surface area contributed by atoms with Crippen molar-refractivity contribution in [2.45, 2.75) is 18.4 Å². The number of nitrogens with one attached hydrogen (secondary N) is 1. The molecule has 10 nitrogen and oxygen atoms in total. The molecule has 1 N–H and O–H groups in total. The third-order valence-electron chi connectivity index (χ3n) is 4.33. The summed E-state index contributed by atoms with van der Waals surface area (Å²) in [6.07, 6.45) is 0. The first kappa shape index (κ1) is 21.4. The largest absolute Gasteiger partial charge is 0.495 e. The number of sulfonamides is 1. The number of anilines is 1. The van der Waals surface area contributed by atoms with Crippen LogP contribution in [0.2, 0.25) is 0 Å². The van der Waals surface area contributed by atoms with Crippen LogP contribution in [0.5, 0.6) is 5.75 Å². The SMILES string of the molecule is COc1ccc(NC(=O)Cn2nnc(-c3ccccc3C)n2)cc1S(=O)(=O)N(C)C. The molecular weight excluding hydrogens is 408 g/mol. The van der Waals surface area contributed by atoms with E-state index < -0.39 is 15.9 Å². The number of carbonyl (C=O) groups excluding carboxylic acids is 1. The van der Waals surface area contributed by atoms with Gasteiger partial charge in [0.2, 0.25) is 21.8 Å². The smallest absolute Gasteiger partial charge is 0.248 e. The van der Waals surface area contributed by atoms with Crippen molar-refractivity contribution in [2.75, 3.05) is 26.5 Å². The van der Waals surface area contributed by atoms with Crippen molar-refractivity contribution in [1.29, 1.82) is 0 Å². The van der Waals surface area contributed by atoms with Crippen LogP contribution in [0, 0.1) is 6.92 Å². The lowest BCUT2D eigenvalue weighted by Crippen LogP contribution is -2.24. The normalized spacial score (nSPS) is 11.5. The molecule has 30 heavy (non-hydrogen) atoms. The fraction of sp³-hybridized carbons (Fsp3) is 0.263. The summed E-state index contributed by atoms with van der Waals surface area (Å²) in [7, 11) is 0.467. The van der Waals surface area contributed by atoms with E-state index in [1.54, 1.807) is 6.07 Å². The molecule has 0 fully saturated rings. The molecule has 0 bridgehead atoms. The highest BCUT2D eigenvalue weighted by Crippen LogP contribution is 2.28. The Labute approximate surface area is 174 Å². The minimum absolute atomic E-state index is 0.0477. The highest BCUT2D eigenvalue weighted by atomic mass is 32.2. The maximum atomic E-state index is 12.5. The van der Waals surface area contributed by atoms with E-state index in [9.17, 15) is 13.2 Å². The van der Waals surface area contributed by atoms with Crippen LogP contribution in [0.1, 0.15) is 5.56 Å². The minimum Gasteiger partial charge on any atom is -0.495 e. The number of aromatic nitrogens is 4. The van der Waals surface area contributed by atoms with Gasteiger partial charge in [-0.1, -0.05) is 24.3 Å². The Bertz CT molecular complexity index is 1170. The molecular formula is C19H22N6O4S. The van der Waals surface area contributed by atoms with Gasteiger partial charge in [-0.3, -0.25) is 4.79 Å². The van der Waals surface area contributed by atoms with Gasteiger partial charge in [0, 0.05) is 25.3 Å². The number of ether oxygens (including phenoxy) is 1. The van der Waals surface area contributed by atoms with Crippen LogP contribution in [0.15, 0.2) is 47.4 Å². The molecule has 1 heterocycles. The molecule has 0 radical (unpaired) electrons. The first-order chi connectivity index (χ1) is 14.2. The number of tetrazole rings is 1. The molecule has 11 heteroatoms. The number of carbonyl (C=O) groups is 1. The molecule has 1 aromatic heterocycles. The summed E-state index contributed by atoms with van der Waals surface area (Å²) in [6, 6.07) is 12.0. The Morgan fingerprint density at radius 3 is 2.60 bits per heavy atom. The third kappa shape index (κ3) is 4.47. The van der Waals surface area contributed by atoms with E-state index in [-0.39, 0.29) is 17.2 Å². The fourth-order valence-corrected chi connectivity index (χ4v) is 3.80. The predicted octanol–water partition coefficient (Wildman–Crippen LogP) is 1.55. The van der Waals surface area contributed by atoms with Crippen molar-refractivity contribution >= 4 is 21.6 Å². The van der Waals surface area contributed by atoms with Crippen LogP contribution in [0.25, 0.3) is 11.4 Å². The lowest BCUT2D eigenvalue weighted by molar-refractivity contribution is -0.117. The fourth-order valence-electron chi connectivity index (χ4n) is 2.72. The minimum atomic E-state index is -3.75. The Hall–Kier alpha value is -3.31. The van der Waals surface area contributed by atoms with Gasteiger partial charge in [0.25, 0.3) is 0 Å². The van der Waals surface area contributed by atoms with Gasteiger partial charge in [0.05, 0.1) is 7.11 Å². The molecule has 3 aromatic rings. The molecule has 0 saturated carbocycles. The van der Waals surface area contributed by atoms with Gasteiger partial charge in [0.15, 0.2) is 0 Å². The first-order valence-corrected chi connectivity index (χ1v) is 10.4. The van der Waals surface area contributed by atoms with E-state index in [0.717, 1.165) is 15.4 Å². The molecule has 0 spiro atoms. The summed E-state index contributed by atoms with van der Waals surface area (Å²) in [5.41, 5.74) is 2.13. The summed E-state index contributed by atoms with van der Waals surface area (Å²) in [6.45, 7) is 1.76. The van der Waals surface area contributed by atoms with Gasteiger partial charge >= 0.3 is 0 Å². The van der Waals surface area contributed by atoms with Gasteiger partial charge in [0.1, 0.15) is 17.2 Å². The predicted molar refractivity (Wildman–Crippen MR) is 110 cm³/mol. The molecule has 0 aliphatic heterocycles. The zero-order valence-corrected chi connectivity index (χ0v) is 17.8. The van der Waals surface area contributed by atoms with E-state index in [1.807, 2.05) is 31.2 Å². The molecule has 1 amide bonds. The van der Waals surface area contributed by atoms with Gasteiger partial charge in [-0.15, -0.1) is 10.2 Å². The Morgan fingerprint density at radius 1 is 1.20 bits per heavy atom. The van der Waals surface area contributed by atoms with E-state index in [2.05, 4.69) is 20.7 Å². The van der Waals surface area contributed by atoms with Crippen molar-refractivity contribution in [3.63, 3.8) is 0 Å². The molecule has 0 aliphatic carbocycles. The number of hydrogen-bond donors (Lipinski definition) is 1. The maximum Gasteiger partial charge on any atom is 0.248 e. The molecule has 0 atom stereocenters. The average molecular weight is 430 g/mol. The summed E-state index contributed by atoms with van der Waals surface area (Å²) in [4.78, 5) is 13.5. The maximum absolute atomic E-state index is 12.5. The van der Waals surface area contributed by atoms with E-state index >= 15 is 0 Å². The van der Waals surface area contributed by atoms with Crippen LogP contribution < -0.4 is 10.1 Å².